The predicted octanol–water partition coefficient (Wildman–Crippen LogP) is 3.36. The third-order valence-corrected chi connectivity index (χ3v) is 2.75. The standard InChI is InChI=1S/C13H11F3N4/c1-8-12(7-20(2)19-8)18-11-4-3-10(13(14,15)16)5-9(11)6-17/h3-5,7,18H,1-2H3. The topological polar surface area (TPSA) is 53.6 Å². The summed E-state index contributed by atoms with van der Waals surface area (Å²) in [5, 5.41) is 16.0. The van der Waals surface area contributed by atoms with E-state index in [4.69, 9.17) is 5.26 Å². The van der Waals surface area contributed by atoms with Gasteiger partial charge in [0.15, 0.2) is 0 Å². The Morgan fingerprint density at radius 3 is 2.50 bits per heavy atom. The molecule has 104 valence electrons. The quantitative estimate of drug-likeness (QED) is 0.917. The van der Waals surface area contributed by atoms with E-state index in [-0.39, 0.29) is 5.56 Å². The van der Waals surface area contributed by atoms with E-state index in [9.17, 15) is 13.2 Å². The van der Waals surface area contributed by atoms with Gasteiger partial charge >= 0.3 is 6.18 Å². The van der Waals surface area contributed by atoms with Crippen LogP contribution in [0.3, 0.4) is 0 Å². The van der Waals surface area contributed by atoms with E-state index in [1.807, 2.05) is 0 Å². The van der Waals surface area contributed by atoms with Crippen LogP contribution in [0, 0.1) is 18.3 Å². The van der Waals surface area contributed by atoms with Crippen molar-refractivity contribution in [1.29, 1.82) is 5.26 Å². The molecule has 0 aliphatic heterocycles. The van der Waals surface area contributed by atoms with E-state index in [1.54, 1.807) is 30.9 Å². The fourth-order valence-electron chi connectivity index (χ4n) is 1.79. The molecule has 0 amide bonds. The molecule has 0 radical (unpaired) electrons. The van der Waals surface area contributed by atoms with E-state index in [1.165, 1.54) is 6.07 Å². The molecule has 0 aliphatic carbocycles. The van der Waals surface area contributed by atoms with Crippen molar-refractivity contribution in [1.82, 2.24) is 9.78 Å². The lowest BCUT2D eigenvalue weighted by Crippen LogP contribution is -2.06. The highest BCUT2D eigenvalue weighted by Crippen LogP contribution is 2.32. The van der Waals surface area contributed by atoms with Gasteiger partial charge in [0.2, 0.25) is 0 Å². The Hall–Kier alpha value is -2.49. The molecule has 0 aliphatic rings. The van der Waals surface area contributed by atoms with Crippen LogP contribution in [-0.2, 0) is 13.2 Å². The fourth-order valence-corrected chi connectivity index (χ4v) is 1.79. The molecule has 2 aromatic rings. The first-order valence-corrected chi connectivity index (χ1v) is 5.70. The van der Waals surface area contributed by atoms with Gasteiger partial charge in [-0.2, -0.15) is 23.5 Å². The molecular formula is C13H11F3N4. The van der Waals surface area contributed by atoms with Crippen LogP contribution >= 0.6 is 0 Å². The molecule has 4 nitrogen and oxygen atoms in total. The van der Waals surface area contributed by atoms with E-state index in [0.717, 1.165) is 12.1 Å². The normalized spacial score (nSPS) is 11.2. The predicted molar refractivity (Wildman–Crippen MR) is 67.4 cm³/mol. The van der Waals surface area contributed by atoms with Gasteiger partial charge in [0, 0.05) is 13.2 Å². The lowest BCUT2D eigenvalue weighted by Gasteiger charge is -2.11. The number of alkyl halides is 3. The van der Waals surface area contributed by atoms with Crippen LogP contribution in [0.1, 0.15) is 16.8 Å². The number of rotatable bonds is 2. The highest BCUT2D eigenvalue weighted by atomic mass is 19.4. The first-order chi connectivity index (χ1) is 9.31. The maximum Gasteiger partial charge on any atom is 0.416 e. The van der Waals surface area contributed by atoms with Crippen molar-refractivity contribution in [2.75, 3.05) is 5.32 Å². The number of nitrogens with one attached hydrogen (secondary N) is 1. The minimum absolute atomic E-state index is 0.0666. The summed E-state index contributed by atoms with van der Waals surface area (Å²) in [7, 11) is 1.73. The minimum Gasteiger partial charge on any atom is -0.352 e. The molecule has 20 heavy (non-hydrogen) atoms. The molecule has 1 aromatic carbocycles. The molecule has 0 fully saturated rings. The Bertz CT molecular complexity index is 680. The summed E-state index contributed by atoms with van der Waals surface area (Å²) < 4.78 is 39.3. The molecule has 2 rings (SSSR count). The molecule has 0 atom stereocenters. The Morgan fingerprint density at radius 1 is 1.30 bits per heavy atom. The van der Waals surface area contributed by atoms with E-state index >= 15 is 0 Å². The van der Waals surface area contributed by atoms with Gasteiger partial charge in [-0.1, -0.05) is 0 Å². The SMILES string of the molecule is Cc1nn(C)cc1Nc1ccc(C(F)(F)F)cc1C#N. The van der Waals surface area contributed by atoms with Crippen LogP contribution in [0.25, 0.3) is 0 Å². The van der Waals surface area contributed by atoms with Gasteiger partial charge in [-0.3, -0.25) is 4.68 Å². The van der Waals surface area contributed by atoms with Crippen molar-refractivity contribution < 1.29 is 13.2 Å². The molecule has 0 bridgehead atoms. The molecule has 1 N–H and O–H groups in total. The molecular weight excluding hydrogens is 269 g/mol. The van der Waals surface area contributed by atoms with Gasteiger partial charge in [-0.25, -0.2) is 0 Å². The highest BCUT2D eigenvalue weighted by Gasteiger charge is 2.31. The minimum atomic E-state index is -4.46. The first-order valence-electron chi connectivity index (χ1n) is 5.70. The molecule has 0 saturated heterocycles. The van der Waals surface area contributed by atoms with Crippen molar-refractivity contribution in [3.05, 3.63) is 41.2 Å². The van der Waals surface area contributed by atoms with Crippen molar-refractivity contribution in [2.24, 2.45) is 7.05 Å². The summed E-state index contributed by atoms with van der Waals surface area (Å²) >= 11 is 0. The second kappa shape index (κ2) is 4.89. The number of nitrogens with zero attached hydrogens (tertiary/aromatic N) is 3. The number of anilines is 2. The Kier molecular flexibility index (Phi) is 3.40. The number of aromatic nitrogens is 2. The number of benzene rings is 1. The zero-order valence-electron chi connectivity index (χ0n) is 10.8. The van der Waals surface area contributed by atoms with Crippen LogP contribution in [0.5, 0.6) is 0 Å². The monoisotopic (exact) mass is 280 g/mol. The second-order valence-electron chi connectivity index (χ2n) is 4.30. The molecule has 7 heteroatoms. The van der Waals surface area contributed by atoms with Crippen LogP contribution in [0.15, 0.2) is 24.4 Å². The van der Waals surface area contributed by atoms with Crippen LogP contribution in [0.2, 0.25) is 0 Å². The number of aryl methyl sites for hydroxylation is 2. The molecule has 0 unspecified atom stereocenters. The zero-order chi connectivity index (χ0) is 14.9. The van der Waals surface area contributed by atoms with Gasteiger partial charge in [-0.15, -0.1) is 0 Å². The summed E-state index contributed by atoms with van der Waals surface area (Å²) in [5.41, 5.74) is 0.738. The van der Waals surface area contributed by atoms with E-state index in [0.29, 0.717) is 17.1 Å². The van der Waals surface area contributed by atoms with Crippen molar-refractivity contribution in [3.8, 4) is 6.07 Å². The number of halogens is 3. The van der Waals surface area contributed by atoms with Crippen LogP contribution in [-0.4, -0.2) is 9.78 Å². The maximum atomic E-state index is 12.6. The summed E-state index contributed by atoms with van der Waals surface area (Å²) in [6.07, 6.45) is -2.78. The van der Waals surface area contributed by atoms with Gasteiger partial charge in [0.05, 0.1) is 28.2 Å². The number of nitriles is 1. The van der Waals surface area contributed by atoms with Crippen LogP contribution < -0.4 is 5.32 Å². The average molecular weight is 280 g/mol. The zero-order valence-corrected chi connectivity index (χ0v) is 10.8. The summed E-state index contributed by atoms with van der Waals surface area (Å²) in [4.78, 5) is 0. The van der Waals surface area contributed by atoms with Gasteiger partial charge < -0.3 is 5.32 Å². The van der Waals surface area contributed by atoms with E-state index in [2.05, 4.69) is 10.4 Å². The molecule has 1 aromatic heterocycles. The summed E-state index contributed by atoms with van der Waals surface area (Å²) in [6, 6.07) is 4.78. The Morgan fingerprint density at radius 2 is 2.00 bits per heavy atom. The molecule has 1 heterocycles. The summed E-state index contributed by atoms with van der Waals surface area (Å²) in [6.45, 7) is 1.76. The average Bonchev–Trinajstić information content (AvgIpc) is 2.67. The van der Waals surface area contributed by atoms with E-state index < -0.39 is 11.7 Å². The Balaban J connectivity index is 2.38. The maximum absolute atomic E-state index is 12.6. The first kappa shape index (κ1) is 13.9. The second-order valence-corrected chi connectivity index (χ2v) is 4.30. The molecule has 0 spiro atoms. The molecule has 0 saturated carbocycles. The van der Waals surface area contributed by atoms with Gasteiger partial charge in [0.25, 0.3) is 0 Å². The van der Waals surface area contributed by atoms with Crippen LogP contribution in [0.4, 0.5) is 24.5 Å². The third kappa shape index (κ3) is 2.74. The summed E-state index contributed by atoms with van der Waals surface area (Å²) in [5.74, 6) is 0. The van der Waals surface area contributed by atoms with Crippen molar-refractivity contribution in [3.63, 3.8) is 0 Å². The highest BCUT2D eigenvalue weighted by molar-refractivity contribution is 5.68. The third-order valence-electron chi connectivity index (χ3n) is 2.75. The number of hydrogen-bond donors (Lipinski definition) is 1. The van der Waals surface area contributed by atoms with Gasteiger partial charge in [0.1, 0.15) is 6.07 Å². The van der Waals surface area contributed by atoms with Gasteiger partial charge in [-0.05, 0) is 25.1 Å². The van der Waals surface area contributed by atoms with Crippen molar-refractivity contribution in [2.45, 2.75) is 13.1 Å². The number of hydrogen-bond acceptors (Lipinski definition) is 3. The van der Waals surface area contributed by atoms with Crippen molar-refractivity contribution >= 4 is 11.4 Å². The lowest BCUT2D eigenvalue weighted by atomic mass is 10.1. The largest absolute Gasteiger partial charge is 0.416 e. The smallest absolute Gasteiger partial charge is 0.352 e. The fraction of sp³-hybridized carbons (Fsp3) is 0.231. The lowest BCUT2D eigenvalue weighted by molar-refractivity contribution is -0.137. The Labute approximate surface area is 113 Å².